The number of carbonyl (C=O) groups is 4. The third-order valence-corrected chi connectivity index (χ3v) is 4.95. The molecule has 32 heavy (non-hydrogen) atoms. The molecular formula is C18H12Na4O10. The van der Waals surface area contributed by atoms with Gasteiger partial charge in [-0.1, -0.05) is 24.3 Å². The fourth-order valence-electron chi connectivity index (χ4n) is 3.52. The van der Waals surface area contributed by atoms with Crippen molar-refractivity contribution in [1.29, 1.82) is 0 Å². The molecule has 10 nitrogen and oxygen atoms in total. The molecule has 0 aromatic heterocycles. The van der Waals surface area contributed by atoms with E-state index in [-0.39, 0.29) is 118 Å². The fraction of sp³-hybridized carbons (Fsp3) is 0.333. The maximum Gasteiger partial charge on any atom is 1.00 e. The monoisotopic (exact) mass is 480 g/mol. The molecule has 1 aromatic carbocycles. The third kappa shape index (κ3) is 6.70. The molecule has 0 N–H and O–H groups in total. The van der Waals surface area contributed by atoms with Gasteiger partial charge < -0.3 is 39.6 Å². The second-order valence-electron chi connectivity index (χ2n) is 6.61. The van der Waals surface area contributed by atoms with Gasteiger partial charge in [-0.3, -0.25) is 0 Å². The molecule has 0 saturated carbocycles. The number of fused-ring (bicyclic) bond motifs is 1. The van der Waals surface area contributed by atoms with Gasteiger partial charge in [-0.2, -0.15) is 0 Å². The second-order valence-corrected chi connectivity index (χ2v) is 6.61. The number of carbonyl (C=O) groups excluding carboxylic acids is 4. The van der Waals surface area contributed by atoms with Crippen LogP contribution in [-0.2, 0) is 40.2 Å². The first-order valence-electron chi connectivity index (χ1n) is 8.12. The van der Waals surface area contributed by atoms with Gasteiger partial charge in [0.25, 0.3) is 0 Å². The Bertz CT molecular complexity index is 809. The van der Waals surface area contributed by atoms with Crippen LogP contribution in [-0.4, -0.2) is 23.9 Å². The number of aliphatic carboxylic acids is 4. The van der Waals surface area contributed by atoms with Crippen LogP contribution in [0, 0.1) is 11.8 Å². The number of carboxylic acid groups (broad SMARTS) is 4. The number of hydrogen-bond acceptors (Lipinski definition) is 10. The SMILES string of the molecule is O=C([O-])C(C[C@@]12C=C[C@@](CC(C(=O)[O-])C(=O)[O-])(OO1)c1ccccc12)C(=O)[O-].[Na+].[Na+].[Na+].[Na+]. The summed E-state index contributed by atoms with van der Waals surface area (Å²) in [4.78, 5) is 55.2. The summed E-state index contributed by atoms with van der Waals surface area (Å²) >= 11 is 0. The minimum absolute atomic E-state index is 0. The van der Waals surface area contributed by atoms with Crippen molar-refractivity contribution in [3.63, 3.8) is 0 Å². The molecule has 2 bridgehead atoms. The molecule has 3 aliphatic rings. The first-order valence-corrected chi connectivity index (χ1v) is 8.12. The molecule has 2 aliphatic heterocycles. The maximum atomic E-state index is 11.2. The van der Waals surface area contributed by atoms with E-state index in [0.717, 1.165) is 0 Å². The van der Waals surface area contributed by atoms with Gasteiger partial charge >= 0.3 is 118 Å². The third-order valence-electron chi connectivity index (χ3n) is 4.95. The maximum absolute atomic E-state index is 11.2. The summed E-state index contributed by atoms with van der Waals surface area (Å²) in [5.74, 6) is -11.5. The largest absolute Gasteiger partial charge is 1.00 e. The van der Waals surface area contributed by atoms with Gasteiger partial charge in [0.15, 0.2) is 0 Å². The van der Waals surface area contributed by atoms with Gasteiger partial charge in [-0.15, -0.1) is 0 Å². The topological polar surface area (TPSA) is 179 Å². The van der Waals surface area contributed by atoms with E-state index in [9.17, 15) is 39.6 Å². The molecule has 0 fully saturated rings. The van der Waals surface area contributed by atoms with Gasteiger partial charge in [0.1, 0.15) is 11.2 Å². The molecule has 0 spiro atoms. The Balaban J connectivity index is 0. The molecular weight excluding hydrogens is 468 g/mol. The van der Waals surface area contributed by atoms with Crippen LogP contribution in [0.3, 0.4) is 0 Å². The summed E-state index contributed by atoms with van der Waals surface area (Å²) in [6, 6.07) is 6.14. The van der Waals surface area contributed by atoms with E-state index in [1.165, 1.54) is 24.3 Å². The molecule has 0 radical (unpaired) electrons. The van der Waals surface area contributed by atoms with Crippen LogP contribution in [0.25, 0.3) is 0 Å². The molecule has 1 aromatic rings. The molecule has 14 heteroatoms. The van der Waals surface area contributed by atoms with Gasteiger partial charge in [0.2, 0.25) is 0 Å². The van der Waals surface area contributed by atoms with Crippen molar-refractivity contribution >= 4 is 23.9 Å². The fourth-order valence-corrected chi connectivity index (χ4v) is 3.52. The summed E-state index contributed by atoms with van der Waals surface area (Å²) in [5.41, 5.74) is -2.65. The normalized spacial score (nSPS) is 21.8. The molecule has 4 rings (SSSR count). The average Bonchev–Trinajstić information content (AvgIpc) is 2.65. The van der Waals surface area contributed by atoms with E-state index in [2.05, 4.69) is 0 Å². The molecule has 2 heterocycles. The average molecular weight is 480 g/mol. The summed E-state index contributed by atoms with van der Waals surface area (Å²) in [5, 5.41) is 44.6. The van der Waals surface area contributed by atoms with E-state index in [1.807, 2.05) is 0 Å². The smallest absolute Gasteiger partial charge is 0.549 e. The Morgan fingerprint density at radius 3 is 1.16 bits per heavy atom. The van der Waals surface area contributed by atoms with E-state index in [4.69, 9.17) is 9.78 Å². The Morgan fingerprint density at radius 2 is 0.938 bits per heavy atom. The number of hydrogen-bond donors (Lipinski definition) is 0. The van der Waals surface area contributed by atoms with Crippen molar-refractivity contribution in [1.82, 2.24) is 0 Å². The first kappa shape index (κ1) is 34.9. The van der Waals surface area contributed by atoms with Gasteiger partial charge in [-0.25, -0.2) is 9.78 Å². The van der Waals surface area contributed by atoms with Gasteiger partial charge in [0.05, 0.1) is 23.9 Å². The minimum Gasteiger partial charge on any atom is -0.549 e. The van der Waals surface area contributed by atoms with Gasteiger partial charge in [0, 0.05) is 24.7 Å². The van der Waals surface area contributed by atoms with E-state index >= 15 is 0 Å². The summed E-state index contributed by atoms with van der Waals surface area (Å²) in [6.45, 7) is 0. The predicted octanol–water partition coefficient (Wildman–Crippen LogP) is -16.4. The van der Waals surface area contributed by atoms with E-state index in [1.54, 1.807) is 12.1 Å². The predicted molar refractivity (Wildman–Crippen MR) is 77.4 cm³/mol. The van der Waals surface area contributed by atoms with Crippen molar-refractivity contribution in [2.45, 2.75) is 24.0 Å². The number of benzene rings is 1. The summed E-state index contributed by atoms with van der Waals surface area (Å²) < 4.78 is 0. The quantitative estimate of drug-likeness (QED) is 0.150. The van der Waals surface area contributed by atoms with Crippen LogP contribution in [0.1, 0.15) is 24.0 Å². The van der Waals surface area contributed by atoms with Crippen LogP contribution >= 0.6 is 0 Å². The summed E-state index contributed by atoms with van der Waals surface area (Å²) in [6.07, 6.45) is 1.37. The molecule has 1 aliphatic carbocycles. The number of carboxylic acids is 4. The zero-order valence-electron chi connectivity index (χ0n) is 18.1. The molecule has 0 amide bonds. The summed E-state index contributed by atoms with van der Waals surface area (Å²) in [7, 11) is 0. The Hall–Kier alpha value is 0.760. The molecule has 0 saturated heterocycles. The standard InChI is InChI=1S/C18H16O10.4Na/c19-13(20)9(14(21)22)7-17-5-6-18(28-27-17,8-10(15(23)24)16(25)26)12-4-2-1-3-11(12)17;;;;/h1-6,9-10H,7-8H2,(H,19,20)(H,21,22)(H,23,24)(H,25,26);;;;/q;4*+1/p-4/t17-,18+;;;;. The van der Waals surface area contributed by atoms with Crippen molar-refractivity contribution in [2.75, 3.05) is 0 Å². The van der Waals surface area contributed by atoms with Crippen molar-refractivity contribution in [2.24, 2.45) is 11.8 Å². The second kappa shape index (κ2) is 13.7. The molecule has 2 atom stereocenters. The van der Waals surface area contributed by atoms with Crippen LogP contribution in [0.5, 0.6) is 0 Å². The zero-order valence-corrected chi connectivity index (χ0v) is 26.1. The minimum atomic E-state index is -2.02. The van der Waals surface area contributed by atoms with Crippen molar-refractivity contribution < 1.29 is 168 Å². The van der Waals surface area contributed by atoms with Crippen molar-refractivity contribution in [3.05, 3.63) is 47.5 Å². The Kier molecular flexibility index (Phi) is 15.0. The number of rotatable bonds is 8. The van der Waals surface area contributed by atoms with Crippen LogP contribution in [0.15, 0.2) is 36.4 Å². The first-order chi connectivity index (χ1) is 13.1. The van der Waals surface area contributed by atoms with Crippen molar-refractivity contribution in [3.8, 4) is 0 Å². The molecule has 0 unspecified atom stereocenters. The van der Waals surface area contributed by atoms with E-state index in [0.29, 0.717) is 11.1 Å². The van der Waals surface area contributed by atoms with Crippen LogP contribution in [0.4, 0.5) is 0 Å². The van der Waals surface area contributed by atoms with E-state index < -0.39 is 59.8 Å². The molecule has 148 valence electrons. The van der Waals surface area contributed by atoms with Crippen LogP contribution < -0.4 is 139 Å². The zero-order chi connectivity index (χ0) is 20.7. The van der Waals surface area contributed by atoms with Crippen LogP contribution in [0.2, 0.25) is 0 Å². The van der Waals surface area contributed by atoms with Gasteiger partial charge in [-0.05, 0) is 23.3 Å². The Labute approximate surface area is 271 Å². The Morgan fingerprint density at radius 1 is 0.656 bits per heavy atom.